The smallest absolute Gasteiger partial charge is 0.0289 e. The molecule has 2 heteroatoms. The van der Waals surface area contributed by atoms with Crippen LogP contribution in [-0.2, 0) is 0 Å². The van der Waals surface area contributed by atoms with E-state index in [4.69, 9.17) is 0 Å². The van der Waals surface area contributed by atoms with E-state index in [2.05, 4.69) is 13.8 Å². The third-order valence-electron chi connectivity index (χ3n) is 1.01. The Morgan fingerprint density at radius 3 is 2.12 bits per heavy atom. The average molecular weight is 119 g/mol. The lowest BCUT2D eigenvalue weighted by atomic mass is 10.1. The van der Waals surface area contributed by atoms with E-state index >= 15 is 0 Å². The Balaban J connectivity index is 2.93. The van der Waals surface area contributed by atoms with Crippen molar-refractivity contribution in [1.82, 2.24) is 5.12 Å². The third-order valence-corrected chi connectivity index (χ3v) is 1.01. The summed E-state index contributed by atoms with van der Waals surface area (Å²) in [6.07, 6.45) is 0.938. The summed E-state index contributed by atoms with van der Waals surface area (Å²) in [6.45, 7) is 4.73. The van der Waals surface area contributed by atoms with Gasteiger partial charge in [-0.3, -0.25) is 0 Å². The predicted molar refractivity (Wildman–Crippen MR) is 33.2 cm³/mol. The highest BCUT2D eigenvalue weighted by molar-refractivity contribution is 4.44. The van der Waals surface area contributed by atoms with Gasteiger partial charge in [-0.05, 0) is 12.3 Å². The van der Waals surface area contributed by atoms with Gasteiger partial charge in [-0.1, -0.05) is 13.8 Å². The summed E-state index contributed by atoms with van der Waals surface area (Å²) in [4.78, 5) is 0. The molecule has 0 rings (SSSR count). The minimum Gasteiger partial charge on any atom is -0.149 e. The lowest BCUT2D eigenvalue weighted by molar-refractivity contribution is 0.0547. The lowest BCUT2D eigenvalue weighted by Gasteiger charge is -2.05. The van der Waals surface area contributed by atoms with Gasteiger partial charge in [0.1, 0.15) is 0 Å². The van der Waals surface area contributed by atoms with E-state index in [0.29, 0.717) is 12.5 Å². The maximum absolute atomic E-state index is 11.9. The van der Waals surface area contributed by atoms with Crippen LogP contribution in [0, 0.1) is 5.92 Å². The molecular weight excluding hydrogens is 105 g/mol. The molecule has 0 fully saturated rings. The number of hydrogen-bond acceptors (Lipinski definition) is 1. The van der Waals surface area contributed by atoms with Crippen LogP contribution in [0.3, 0.4) is 0 Å². The first-order valence-electron chi connectivity index (χ1n) is 3.00. The largest absolute Gasteiger partial charge is 0.149 e. The van der Waals surface area contributed by atoms with E-state index in [1.54, 1.807) is 0 Å². The van der Waals surface area contributed by atoms with Crippen LogP contribution >= 0.6 is 0 Å². The van der Waals surface area contributed by atoms with Crippen LogP contribution in [0.1, 0.15) is 20.3 Å². The molecule has 8 heavy (non-hydrogen) atoms. The molecule has 0 unspecified atom stereocenters. The molecule has 0 spiro atoms. The Morgan fingerprint density at radius 2 is 2.00 bits per heavy atom. The van der Waals surface area contributed by atoms with E-state index in [9.17, 15) is 4.48 Å². The third kappa shape index (κ3) is 5.89. The summed E-state index contributed by atoms with van der Waals surface area (Å²) < 4.78 is 11.9. The molecule has 0 N–H and O–H groups in total. The molecule has 0 radical (unpaired) electrons. The van der Waals surface area contributed by atoms with E-state index in [0.717, 1.165) is 11.5 Å². The molecule has 0 saturated heterocycles. The normalized spacial score (nSPS) is 11.2. The first-order valence-corrected chi connectivity index (χ1v) is 3.00. The van der Waals surface area contributed by atoms with Gasteiger partial charge in [0, 0.05) is 13.6 Å². The Morgan fingerprint density at radius 1 is 1.50 bits per heavy atom. The van der Waals surface area contributed by atoms with Gasteiger partial charge in [0.15, 0.2) is 0 Å². The zero-order valence-corrected chi connectivity index (χ0v) is 5.82. The maximum atomic E-state index is 11.9. The molecule has 0 aliphatic rings. The summed E-state index contributed by atoms with van der Waals surface area (Å²) in [5, 5.41) is 0.722. The SMILES string of the molecule is CC(C)CCN(C)F. The second-order valence-electron chi connectivity index (χ2n) is 2.51. The molecule has 0 atom stereocenters. The molecule has 0 aromatic heterocycles. The maximum Gasteiger partial charge on any atom is 0.0289 e. The fourth-order valence-electron chi connectivity index (χ4n) is 0.436. The van der Waals surface area contributed by atoms with Gasteiger partial charge in [0.2, 0.25) is 0 Å². The Kier molecular flexibility index (Phi) is 3.79. The Labute approximate surface area is 50.4 Å². The average Bonchev–Trinajstić information content (AvgIpc) is 1.61. The van der Waals surface area contributed by atoms with Gasteiger partial charge in [0.05, 0.1) is 0 Å². The molecule has 0 aliphatic heterocycles. The van der Waals surface area contributed by atoms with Crippen molar-refractivity contribution in [2.45, 2.75) is 20.3 Å². The van der Waals surface area contributed by atoms with Crippen molar-refractivity contribution in [3.05, 3.63) is 0 Å². The van der Waals surface area contributed by atoms with Crippen molar-refractivity contribution < 1.29 is 4.48 Å². The lowest BCUT2D eigenvalue weighted by Crippen LogP contribution is -2.09. The molecule has 1 nitrogen and oxygen atoms in total. The summed E-state index contributed by atoms with van der Waals surface area (Å²) in [7, 11) is 1.45. The van der Waals surface area contributed by atoms with E-state index in [-0.39, 0.29) is 0 Å². The molecule has 0 aliphatic carbocycles. The van der Waals surface area contributed by atoms with Gasteiger partial charge in [-0.15, -0.1) is 9.60 Å². The zero-order valence-electron chi connectivity index (χ0n) is 5.82. The number of nitrogens with zero attached hydrogens (tertiary/aromatic N) is 1. The first kappa shape index (κ1) is 7.89. The quantitative estimate of drug-likeness (QED) is 0.512. The first-order chi connectivity index (χ1) is 3.63. The molecule has 0 aromatic carbocycles. The molecule has 0 aromatic rings. The van der Waals surface area contributed by atoms with Crippen LogP contribution in [0.5, 0.6) is 0 Å². The fraction of sp³-hybridized carbons (Fsp3) is 1.00. The molecule has 0 amide bonds. The molecular formula is C6H14FN. The molecule has 0 saturated carbocycles. The van der Waals surface area contributed by atoms with Gasteiger partial charge in [-0.25, -0.2) is 0 Å². The highest BCUT2D eigenvalue weighted by Crippen LogP contribution is 1.99. The van der Waals surface area contributed by atoms with Crippen molar-refractivity contribution >= 4 is 0 Å². The van der Waals surface area contributed by atoms with Gasteiger partial charge in [-0.2, -0.15) is 0 Å². The van der Waals surface area contributed by atoms with E-state index in [1.165, 1.54) is 7.05 Å². The number of hydrogen-bond donors (Lipinski definition) is 0. The van der Waals surface area contributed by atoms with Crippen LogP contribution in [-0.4, -0.2) is 18.7 Å². The van der Waals surface area contributed by atoms with Crippen molar-refractivity contribution in [2.24, 2.45) is 5.92 Å². The van der Waals surface area contributed by atoms with Crippen LogP contribution in [0.15, 0.2) is 0 Å². The minimum absolute atomic E-state index is 0.553. The monoisotopic (exact) mass is 119 g/mol. The topological polar surface area (TPSA) is 3.24 Å². The van der Waals surface area contributed by atoms with Crippen LogP contribution in [0.2, 0.25) is 0 Å². The van der Waals surface area contributed by atoms with Crippen molar-refractivity contribution in [1.29, 1.82) is 0 Å². The number of rotatable bonds is 3. The highest BCUT2D eigenvalue weighted by Gasteiger charge is 1.95. The molecule has 0 bridgehead atoms. The van der Waals surface area contributed by atoms with Crippen molar-refractivity contribution in [3.63, 3.8) is 0 Å². The van der Waals surface area contributed by atoms with E-state index in [1.807, 2.05) is 0 Å². The summed E-state index contributed by atoms with van der Waals surface area (Å²) in [6, 6.07) is 0. The summed E-state index contributed by atoms with van der Waals surface area (Å²) >= 11 is 0. The standard InChI is InChI=1S/C6H14FN/c1-6(2)4-5-8(3)7/h6H,4-5H2,1-3H3. The van der Waals surface area contributed by atoms with Crippen LogP contribution in [0.25, 0.3) is 0 Å². The van der Waals surface area contributed by atoms with Gasteiger partial charge in [0.25, 0.3) is 0 Å². The van der Waals surface area contributed by atoms with Gasteiger partial charge >= 0.3 is 0 Å². The number of halogens is 1. The van der Waals surface area contributed by atoms with Crippen molar-refractivity contribution in [3.8, 4) is 0 Å². The second kappa shape index (κ2) is 3.84. The predicted octanol–water partition coefficient (Wildman–Crippen LogP) is 1.85. The Hall–Kier alpha value is -0.110. The zero-order chi connectivity index (χ0) is 6.57. The van der Waals surface area contributed by atoms with E-state index < -0.39 is 0 Å². The van der Waals surface area contributed by atoms with Gasteiger partial charge < -0.3 is 0 Å². The van der Waals surface area contributed by atoms with Crippen molar-refractivity contribution in [2.75, 3.05) is 13.6 Å². The minimum atomic E-state index is 0.553. The fourth-order valence-corrected chi connectivity index (χ4v) is 0.436. The highest BCUT2D eigenvalue weighted by atomic mass is 19.2. The van der Waals surface area contributed by atoms with Crippen LogP contribution < -0.4 is 0 Å². The summed E-state index contributed by atoms with van der Waals surface area (Å²) in [5.41, 5.74) is 0. The molecule has 0 heterocycles. The molecule has 50 valence electrons. The second-order valence-corrected chi connectivity index (χ2v) is 2.51. The Bertz CT molecular complexity index is 44.5. The summed E-state index contributed by atoms with van der Waals surface area (Å²) in [5.74, 6) is 0.605. The van der Waals surface area contributed by atoms with Crippen LogP contribution in [0.4, 0.5) is 4.48 Å².